The molecular formula is C16H18FN3. The number of benzene rings is 1. The predicted octanol–water partition coefficient (Wildman–Crippen LogP) is 4.11. The lowest BCUT2D eigenvalue weighted by Gasteiger charge is -2.03. The lowest BCUT2D eigenvalue weighted by atomic mass is 10.1. The molecule has 1 aromatic carbocycles. The third-order valence-electron chi connectivity index (χ3n) is 2.99. The van der Waals surface area contributed by atoms with Crippen LogP contribution in [0.15, 0.2) is 36.5 Å². The van der Waals surface area contributed by atoms with Gasteiger partial charge in [-0.05, 0) is 42.8 Å². The highest BCUT2D eigenvalue weighted by Crippen LogP contribution is 2.25. The van der Waals surface area contributed by atoms with Crippen molar-refractivity contribution in [3.05, 3.63) is 48.0 Å². The molecule has 0 bridgehead atoms. The molecule has 2 heterocycles. The van der Waals surface area contributed by atoms with Crippen molar-refractivity contribution in [2.75, 3.05) is 0 Å². The fourth-order valence-corrected chi connectivity index (χ4v) is 2.08. The summed E-state index contributed by atoms with van der Waals surface area (Å²) in [4.78, 5) is 8.81. The van der Waals surface area contributed by atoms with E-state index in [1.807, 2.05) is 38.5 Å². The van der Waals surface area contributed by atoms with Crippen LogP contribution >= 0.6 is 0 Å². The van der Waals surface area contributed by atoms with Crippen LogP contribution in [0.3, 0.4) is 0 Å². The smallest absolute Gasteiger partial charge is 0.158 e. The highest BCUT2D eigenvalue weighted by atomic mass is 19.1. The van der Waals surface area contributed by atoms with Crippen LogP contribution in [0.25, 0.3) is 22.4 Å². The van der Waals surface area contributed by atoms with E-state index in [-0.39, 0.29) is 5.82 Å². The van der Waals surface area contributed by atoms with Crippen LogP contribution in [-0.2, 0) is 7.05 Å². The van der Waals surface area contributed by atoms with E-state index in [2.05, 4.69) is 9.97 Å². The van der Waals surface area contributed by atoms with Crippen molar-refractivity contribution in [3.8, 4) is 11.3 Å². The summed E-state index contributed by atoms with van der Waals surface area (Å²) in [5.41, 5.74) is 4.52. The Morgan fingerprint density at radius 3 is 2.40 bits per heavy atom. The molecule has 0 spiro atoms. The summed E-state index contributed by atoms with van der Waals surface area (Å²) >= 11 is 0. The van der Waals surface area contributed by atoms with Crippen molar-refractivity contribution < 1.29 is 4.39 Å². The average Bonchev–Trinajstić information content (AvgIpc) is 2.78. The van der Waals surface area contributed by atoms with Crippen molar-refractivity contribution in [1.82, 2.24) is 14.5 Å². The van der Waals surface area contributed by atoms with Gasteiger partial charge in [-0.1, -0.05) is 13.8 Å². The summed E-state index contributed by atoms with van der Waals surface area (Å²) in [5.74, 6) is -0.232. The maximum Gasteiger partial charge on any atom is 0.158 e. The molecule has 0 N–H and O–H groups in total. The molecular weight excluding hydrogens is 253 g/mol. The number of hydrogen-bond donors (Lipinski definition) is 0. The van der Waals surface area contributed by atoms with Crippen LogP contribution in [0.5, 0.6) is 0 Å². The summed E-state index contributed by atoms with van der Waals surface area (Å²) in [5, 5.41) is 0. The van der Waals surface area contributed by atoms with E-state index >= 15 is 0 Å². The fourth-order valence-electron chi connectivity index (χ4n) is 2.08. The molecule has 0 amide bonds. The molecule has 0 aliphatic rings. The van der Waals surface area contributed by atoms with Crippen molar-refractivity contribution >= 4 is 11.2 Å². The SMILES string of the molecule is CC.Cc1cnc2c(cc(-c3ccc(F)cc3)n2C)n1. The second kappa shape index (κ2) is 5.82. The van der Waals surface area contributed by atoms with Gasteiger partial charge in [-0.25, -0.2) is 14.4 Å². The van der Waals surface area contributed by atoms with E-state index in [1.54, 1.807) is 18.3 Å². The van der Waals surface area contributed by atoms with Crippen molar-refractivity contribution in [2.24, 2.45) is 7.05 Å². The Morgan fingerprint density at radius 2 is 1.75 bits per heavy atom. The number of aromatic nitrogens is 3. The monoisotopic (exact) mass is 271 g/mol. The lowest BCUT2D eigenvalue weighted by Crippen LogP contribution is -1.94. The molecule has 3 rings (SSSR count). The number of hydrogen-bond acceptors (Lipinski definition) is 2. The van der Waals surface area contributed by atoms with Crippen molar-refractivity contribution in [3.63, 3.8) is 0 Å². The fraction of sp³-hybridized carbons (Fsp3) is 0.250. The van der Waals surface area contributed by atoms with Gasteiger partial charge in [-0.2, -0.15) is 0 Å². The Hall–Kier alpha value is -2.23. The molecule has 0 radical (unpaired) electrons. The van der Waals surface area contributed by atoms with E-state index in [0.29, 0.717) is 0 Å². The average molecular weight is 271 g/mol. The topological polar surface area (TPSA) is 30.7 Å². The first-order valence-corrected chi connectivity index (χ1v) is 6.70. The number of nitrogens with zero attached hydrogens (tertiary/aromatic N) is 3. The minimum Gasteiger partial charge on any atom is -0.327 e. The molecule has 2 aromatic heterocycles. The highest BCUT2D eigenvalue weighted by molar-refractivity contribution is 5.80. The zero-order valence-electron chi connectivity index (χ0n) is 12.2. The maximum atomic E-state index is 12.9. The van der Waals surface area contributed by atoms with Gasteiger partial charge < -0.3 is 4.57 Å². The van der Waals surface area contributed by atoms with Gasteiger partial charge in [-0.3, -0.25) is 0 Å². The van der Waals surface area contributed by atoms with Crippen LogP contribution < -0.4 is 0 Å². The second-order valence-electron chi connectivity index (χ2n) is 4.32. The molecule has 0 unspecified atom stereocenters. The Bertz CT molecular complexity index is 714. The van der Waals surface area contributed by atoms with Crippen LogP contribution in [-0.4, -0.2) is 14.5 Å². The zero-order valence-corrected chi connectivity index (χ0v) is 12.2. The Balaban J connectivity index is 0.000000704. The molecule has 0 saturated carbocycles. The van der Waals surface area contributed by atoms with E-state index < -0.39 is 0 Å². The van der Waals surface area contributed by atoms with Crippen LogP contribution in [0.4, 0.5) is 4.39 Å². The molecule has 3 nitrogen and oxygen atoms in total. The molecule has 104 valence electrons. The van der Waals surface area contributed by atoms with Gasteiger partial charge >= 0.3 is 0 Å². The second-order valence-corrected chi connectivity index (χ2v) is 4.32. The minimum atomic E-state index is -0.232. The van der Waals surface area contributed by atoms with E-state index in [9.17, 15) is 4.39 Å². The zero-order chi connectivity index (χ0) is 14.7. The number of rotatable bonds is 1. The summed E-state index contributed by atoms with van der Waals surface area (Å²) in [7, 11) is 1.94. The number of halogens is 1. The third kappa shape index (κ3) is 2.54. The lowest BCUT2D eigenvalue weighted by molar-refractivity contribution is 0.628. The van der Waals surface area contributed by atoms with Crippen molar-refractivity contribution in [1.29, 1.82) is 0 Å². The third-order valence-corrected chi connectivity index (χ3v) is 2.99. The summed E-state index contributed by atoms with van der Waals surface area (Å²) in [6.07, 6.45) is 1.75. The van der Waals surface area contributed by atoms with E-state index in [4.69, 9.17) is 0 Å². The van der Waals surface area contributed by atoms with Gasteiger partial charge in [0.25, 0.3) is 0 Å². The molecule has 0 fully saturated rings. The van der Waals surface area contributed by atoms with Crippen LogP contribution in [0.2, 0.25) is 0 Å². The van der Waals surface area contributed by atoms with Crippen LogP contribution in [0, 0.1) is 12.7 Å². The standard InChI is InChI=1S/C14H12FN3.C2H6/c1-9-8-16-14-12(17-9)7-13(18(14)2)10-3-5-11(15)6-4-10;1-2/h3-8H,1-2H3;1-2H3. The van der Waals surface area contributed by atoms with Crippen molar-refractivity contribution in [2.45, 2.75) is 20.8 Å². The van der Waals surface area contributed by atoms with Crippen LogP contribution in [0.1, 0.15) is 19.5 Å². The number of aryl methyl sites for hydroxylation is 2. The quantitative estimate of drug-likeness (QED) is 0.667. The molecule has 0 saturated heterocycles. The Morgan fingerprint density at radius 1 is 1.10 bits per heavy atom. The first kappa shape index (κ1) is 14.2. The van der Waals surface area contributed by atoms with Gasteiger partial charge in [0.05, 0.1) is 17.6 Å². The molecule has 0 atom stereocenters. The van der Waals surface area contributed by atoms with Gasteiger partial charge in [0.1, 0.15) is 11.3 Å². The predicted molar refractivity (Wildman–Crippen MR) is 80.0 cm³/mol. The first-order chi connectivity index (χ1) is 9.65. The number of fused-ring (bicyclic) bond motifs is 1. The Kier molecular flexibility index (Phi) is 4.13. The molecule has 0 aliphatic heterocycles. The largest absolute Gasteiger partial charge is 0.327 e. The van der Waals surface area contributed by atoms with Gasteiger partial charge in [0.15, 0.2) is 5.65 Å². The summed E-state index contributed by atoms with van der Waals surface area (Å²) in [6, 6.07) is 8.41. The maximum absolute atomic E-state index is 12.9. The van der Waals surface area contributed by atoms with Gasteiger partial charge in [-0.15, -0.1) is 0 Å². The summed E-state index contributed by atoms with van der Waals surface area (Å²) in [6.45, 7) is 5.91. The molecule has 20 heavy (non-hydrogen) atoms. The normalized spacial score (nSPS) is 10.2. The first-order valence-electron chi connectivity index (χ1n) is 6.70. The minimum absolute atomic E-state index is 0.232. The highest BCUT2D eigenvalue weighted by Gasteiger charge is 2.09. The summed E-state index contributed by atoms with van der Waals surface area (Å²) < 4.78 is 14.9. The molecule has 4 heteroatoms. The Labute approximate surface area is 118 Å². The van der Waals surface area contributed by atoms with Gasteiger partial charge in [0.2, 0.25) is 0 Å². The molecule has 0 aliphatic carbocycles. The van der Waals surface area contributed by atoms with E-state index in [0.717, 1.165) is 28.1 Å². The van der Waals surface area contributed by atoms with Gasteiger partial charge in [0, 0.05) is 7.05 Å². The molecule has 3 aromatic rings. The van der Waals surface area contributed by atoms with E-state index in [1.165, 1.54) is 12.1 Å².